The Morgan fingerprint density at radius 1 is 1.23 bits per heavy atom. The number of benzene rings is 1. The third kappa shape index (κ3) is 4.43. The second-order valence-corrected chi connectivity index (χ2v) is 5.98. The predicted molar refractivity (Wildman–Crippen MR) is 88.4 cm³/mol. The summed E-state index contributed by atoms with van der Waals surface area (Å²) in [6.45, 7) is 4.02. The predicted octanol–water partition coefficient (Wildman–Crippen LogP) is 4.06. The minimum Gasteiger partial charge on any atom is -0.451 e. The van der Waals surface area contributed by atoms with Crippen molar-refractivity contribution in [3.8, 4) is 0 Å². The van der Waals surface area contributed by atoms with Crippen molar-refractivity contribution in [2.75, 3.05) is 11.9 Å². The molecule has 0 aliphatic carbocycles. The van der Waals surface area contributed by atoms with Crippen LogP contribution in [0.15, 0.2) is 41.8 Å². The molecule has 1 heterocycles. The van der Waals surface area contributed by atoms with Gasteiger partial charge in [0, 0.05) is 5.69 Å². The van der Waals surface area contributed by atoms with Crippen LogP contribution in [0.25, 0.3) is 0 Å². The first-order chi connectivity index (χ1) is 10.6. The van der Waals surface area contributed by atoms with Crippen LogP contribution in [-0.4, -0.2) is 18.5 Å². The summed E-state index contributed by atoms with van der Waals surface area (Å²) in [7, 11) is 0. The number of amides is 1. The number of ether oxygens (including phenoxy) is 1. The monoisotopic (exact) mass is 317 g/mol. The molecule has 0 fully saturated rings. The Labute approximate surface area is 134 Å². The van der Waals surface area contributed by atoms with Crippen LogP contribution in [-0.2, 0) is 9.53 Å². The molecule has 1 aromatic carbocycles. The molecule has 116 valence electrons. The highest BCUT2D eigenvalue weighted by molar-refractivity contribution is 7.11. The number of carbonyl (C=O) groups is 2. The summed E-state index contributed by atoms with van der Waals surface area (Å²) < 4.78 is 4.96. The fraction of sp³-hybridized carbons (Fsp3) is 0.294. The molecule has 2 aromatic rings. The highest BCUT2D eigenvalue weighted by Gasteiger charge is 2.11. The van der Waals surface area contributed by atoms with Crippen molar-refractivity contribution < 1.29 is 14.3 Å². The number of hydrogen-bond acceptors (Lipinski definition) is 4. The van der Waals surface area contributed by atoms with Gasteiger partial charge in [0.05, 0.1) is 0 Å². The van der Waals surface area contributed by atoms with E-state index in [1.165, 1.54) is 16.9 Å². The number of anilines is 1. The standard InChI is InChI=1S/C17H19NO3S/c1-3-12(2)13-6-8-14(9-7-13)18-16(19)11-21-17(20)15-5-4-10-22-15/h4-10,12H,3,11H2,1-2H3,(H,18,19). The van der Waals surface area contributed by atoms with Gasteiger partial charge in [-0.2, -0.15) is 0 Å². The first-order valence-corrected chi connectivity index (χ1v) is 8.08. The van der Waals surface area contributed by atoms with Crippen molar-refractivity contribution in [2.24, 2.45) is 0 Å². The summed E-state index contributed by atoms with van der Waals surface area (Å²) in [5.74, 6) is -0.324. The van der Waals surface area contributed by atoms with Gasteiger partial charge in [-0.3, -0.25) is 4.79 Å². The van der Waals surface area contributed by atoms with E-state index in [-0.39, 0.29) is 12.5 Å². The van der Waals surface area contributed by atoms with Crippen LogP contribution in [0.4, 0.5) is 5.69 Å². The van der Waals surface area contributed by atoms with Crippen LogP contribution in [0.2, 0.25) is 0 Å². The normalized spacial score (nSPS) is 11.7. The van der Waals surface area contributed by atoms with Gasteiger partial charge in [-0.05, 0) is 41.5 Å². The Kier molecular flexibility index (Phi) is 5.72. The molecule has 2 rings (SSSR count). The summed E-state index contributed by atoms with van der Waals surface area (Å²) >= 11 is 1.29. The van der Waals surface area contributed by atoms with E-state index in [1.807, 2.05) is 24.3 Å². The van der Waals surface area contributed by atoms with E-state index in [2.05, 4.69) is 19.2 Å². The van der Waals surface area contributed by atoms with Crippen LogP contribution in [0.1, 0.15) is 41.4 Å². The zero-order valence-electron chi connectivity index (χ0n) is 12.7. The Morgan fingerprint density at radius 2 is 1.95 bits per heavy atom. The highest BCUT2D eigenvalue weighted by Crippen LogP contribution is 2.20. The summed E-state index contributed by atoms with van der Waals surface area (Å²) in [6, 6.07) is 11.2. The number of thiophene rings is 1. The highest BCUT2D eigenvalue weighted by atomic mass is 32.1. The summed E-state index contributed by atoms with van der Waals surface area (Å²) in [4.78, 5) is 23.9. The molecule has 0 aliphatic heterocycles. The second kappa shape index (κ2) is 7.75. The Balaban J connectivity index is 1.83. The average molecular weight is 317 g/mol. The third-order valence-electron chi connectivity index (χ3n) is 3.43. The van der Waals surface area contributed by atoms with Gasteiger partial charge in [0.25, 0.3) is 5.91 Å². The maximum Gasteiger partial charge on any atom is 0.348 e. The maximum atomic E-state index is 11.8. The molecule has 4 nitrogen and oxygen atoms in total. The lowest BCUT2D eigenvalue weighted by molar-refractivity contribution is -0.119. The molecule has 1 atom stereocenters. The molecule has 0 aliphatic rings. The first kappa shape index (κ1) is 16.2. The first-order valence-electron chi connectivity index (χ1n) is 7.20. The number of nitrogens with one attached hydrogen (secondary N) is 1. The number of hydrogen-bond donors (Lipinski definition) is 1. The van der Waals surface area contributed by atoms with Crippen molar-refractivity contribution in [1.29, 1.82) is 0 Å². The zero-order chi connectivity index (χ0) is 15.9. The lowest BCUT2D eigenvalue weighted by atomic mass is 9.99. The average Bonchev–Trinajstić information content (AvgIpc) is 3.07. The van der Waals surface area contributed by atoms with Gasteiger partial charge in [0.1, 0.15) is 4.88 Å². The Morgan fingerprint density at radius 3 is 2.55 bits per heavy atom. The van der Waals surface area contributed by atoms with E-state index >= 15 is 0 Å². The molecule has 22 heavy (non-hydrogen) atoms. The van der Waals surface area contributed by atoms with E-state index in [4.69, 9.17) is 4.74 Å². The van der Waals surface area contributed by atoms with Gasteiger partial charge < -0.3 is 10.1 Å². The Hall–Kier alpha value is -2.14. The lowest BCUT2D eigenvalue weighted by Crippen LogP contribution is -2.20. The van der Waals surface area contributed by atoms with Gasteiger partial charge in [0.2, 0.25) is 0 Å². The van der Waals surface area contributed by atoms with Gasteiger partial charge in [0.15, 0.2) is 6.61 Å². The van der Waals surface area contributed by atoms with Crippen LogP contribution in [0, 0.1) is 0 Å². The minimum absolute atomic E-state index is 0.288. The van der Waals surface area contributed by atoms with E-state index in [0.717, 1.165) is 6.42 Å². The summed E-state index contributed by atoms with van der Waals surface area (Å²) in [5, 5.41) is 4.50. The molecule has 1 aromatic heterocycles. The van der Waals surface area contributed by atoms with Crippen LogP contribution < -0.4 is 5.32 Å². The lowest BCUT2D eigenvalue weighted by Gasteiger charge is -2.10. The van der Waals surface area contributed by atoms with E-state index in [0.29, 0.717) is 16.5 Å². The van der Waals surface area contributed by atoms with E-state index in [1.54, 1.807) is 17.5 Å². The molecule has 0 saturated heterocycles. The fourth-order valence-electron chi connectivity index (χ4n) is 1.92. The van der Waals surface area contributed by atoms with Gasteiger partial charge in [-0.1, -0.05) is 32.0 Å². The molecule has 1 N–H and O–H groups in total. The van der Waals surface area contributed by atoms with E-state index in [9.17, 15) is 9.59 Å². The molecule has 5 heteroatoms. The van der Waals surface area contributed by atoms with Crippen molar-refractivity contribution in [2.45, 2.75) is 26.2 Å². The van der Waals surface area contributed by atoms with Crippen LogP contribution >= 0.6 is 11.3 Å². The van der Waals surface area contributed by atoms with E-state index < -0.39 is 5.97 Å². The molecule has 1 amide bonds. The zero-order valence-corrected chi connectivity index (χ0v) is 13.5. The van der Waals surface area contributed by atoms with Crippen molar-refractivity contribution >= 4 is 28.9 Å². The Bertz CT molecular complexity index is 620. The van der Waals surface area contributed by atoms with Gasteiger partial charge >= 0.3 is 5.97 Å². The van der Waals surface area contributed by atoms with Gasteiger partial charge in [-0.15, -0.1) is 11.3 Å². The molecule has 0 spiro atoms. The molecule has 0 radical (unpaired) electrons. The molecular weight excluding hydrogens is 298 g/mol. The topological polar surface area (TPSA) is 55.4 Å². The van der Waals surface area contributed by atoms with Crippen LogP contribution in [0.5, 0.6) is 0 Å². The minimum atomic E-state index is -0.475. The number of esters is 1. The third-order valence-corrected chi connectivity index (χ3v) is 4.28. The van der Waals surface area contributed by atoms with Crippen molar-refractivity contribution in [3.63, 3.8) is 0 Å². The SMILES string of the molecule is CCC(C)c1ccc(NC(=O)COC(=O)c2cccs2)cc1. The molecule has 0 saturated carbocycles. The molecular formula is C17H19NO3S. The quantitative estimate of drug-likeness (QED) is 0.818. The maximum absolute atomic E-state index is 11.8. The van der Waals surface area contributed by atoms with Gasteiger partial charge in [-0.25, -0.2) is 4.79 Å². The molecule has 1 unspecified atom stereocenters. The summed E-state index contributed by atoms with van der Waals surface area (Å²) in [5.41, 5.74) is 1.94. The molecule has 0 bridgehead atoms. The number of rotatable bonds is 6. The fourth-order valence-corrected chi connectivity index (χ4v) is 2.54. The van der Waals surface area contributed by atoms with Crippen molar-refractivity contribution in [1.82, 2.24) is 0 Å². The summed E-state index contributed by atoms with van der Waals surface area (Å²) in [6.07, 6.45) is 1.07. The largest absolute Gasteiger partial charge is 0.451 e. The smallest absolute Gasteiger partial charge is 0.348 e. The van der Waals surface area contributed by atoms with Crippen molar-refractivity contribution in [3.05, 3.63) is 52.2 Å². The number of carbonyl (C=O) groups excluding carboxylic acids is 2. The second-order valence-electron chi connectivity index (χ2n) is 5.03. The van der Waals surface area contributed by atoms with Crippen LogP contribution in [0.3, 0.4) is 0 Å².